The predicted octanol–water partition coefficient (Wildman–Crippen LogP) is 2.40. The van der Waals surface area contributed by atoms with Crippen LogP contribution < -0.4 is 4.90 Å². The second kappa shape index (κ2) is 6.45. The molecule has 1 fully saturated rings. The van der Waals surface area contributed by atoms with Gasteiger partial charge in [-0.2, -0.15) is 5.26 Å². The standard InChI is InChI=1S/C17H17ClN4O/c1-20-10-13(7-16(20)9-19)11-21-5-6-22(17(23)12-21)15-4-2-3-14(18)8-15/h2-4,7-8,10H,5-6,11-12H2,1H3. The number of hydrogen-bond donors (Lipinski definition) is 0. The van der Waals surface area contributed by atoms with Gasteiger partial charge < -0.3 is 9.47 Å². The van der Waals surface area contributed by atoms with E-state index in [-0.39, 0.29) is 5.91 Å². The first-order chi connectivity index (χ1) is 11.1. The number of halogens is 1. The van der Waals surface area contributed by atoms with Gasteiger partial charge >= 0.3 is 0 Å². The first kappa shape index (κ1) is 15.6. The van der Waals surface area contributed by atoms with E-state index in [1.165, 1.54) is 0 Å². The molecule has 0 bridgehead atoms. The Labute approximate surface area is 140 Å². The van der Waals surface area contributed by atoms with Crippen molar-refractivity contribution in [1.82, 2.24) is 9.47 Å². The zero-order valence-electron chi connectivity index (χ0n) is 12.9. The van der Waals surface area contributed by atoms with Crippen LogP contribution in [0.4, 0.5) is 5.69 Å². The molecular formula is C17H17ClN4O. The van der Waals surface area contributed by atoms with Crippen LogP contribution in [0.2, 0.25) is 5.02 Å². The molecule has 118 valence electrons. The maximum absolute atomic E-state index is 12.4. The van der Waals surface area contributed by atoms with Crippen LogP contribution in [-0.2, 0) is 18.4 Å². The van der Waals surface area contributed by atoms with Crippen molar-refractivity contribution in [3.8, 4) is 6.07 Å². The summed E-state index contributed by atoms with van der Waals surface area (Å²) in [6.45, 7) is 2.46. The monoisotopic (exact) mass is 328 g/mol. The quantitative estimate of drug-likeness (QED) is 0.869. The van der Waals surface area contributed by atoms with Gasteiger partial charge in [-0.1, -0.05) is 17.7 Å². The average molecular weight is 329 g/mol. The smallest absolute Gasteiger partial charge is 0.241 e. The van der Waals surface area contributed by atoms with Gasteiger partial charge in [0, 0.05) is 43.6 Å². The fourth-order valence-corrected chi connectivity index (χ4v) is 3.05. The van der Waals surface area contributed by atoms with Crippen molar-refractivity contribution in [2.75, 3.05) is 24.5 Å². The normalized spacial score (nSPS) is 15.7. The number of carbonyl (C=O) groups excluding carboxylic acids is 1. The number of carbonyl (C=O) groups is 1. The lowest BCUT2D eigenvalue weighted by Gasteiger charge is -2.34. The Morgan fingerprint density at radius 1 is 1.30 bits per heavy atom. The molecule has 3 rings (SSSR count). The largest absolute Gasteiger partial charge is 0.342 e. The molecular weight excluding hydrogens is 312 g/mol. The van der Waals surface area contributed by atoms with Crippen LogP contribution in [0.15, 0.2) is 36.5 Å². The lowest BCUT2D eigenvalue weighted by Crippen LogP contribution is -2.50. The van der Waals surface area contributed by atoms with E-state index in [9.17, 15) is 4.79 Å². The summed E-state index contributed by atoms with van der Waals surface area (Å²) in [5.41, 5.74) is 2.52. The van der Waals surface area contributed by atoms with E-state index in [4.69, 9.17) is 16.9 Å². The minimum Gasteiger partial charge on any atom is -0.342 e. The van der Waals surface area contributed by atoms with Crippen LogP contribution in [0.5, 0.6) is 0 Å². The molecule has 1 aromatic carbocycles. The molecule has 5 nitrogen and oxygen atoms in total. The van der Waals surface area contributed by atoms with Gasteiger partial charge in [-0.3, -0.25) is 9.69 Å². The lowest BCUT2D eigenvalue weighted by atomic mass is 10.2. The number of nitriles is 1. The van der Waals surface area contributed by atoms with E-state index < -0.39 is 0 Å². The molecule has 23 heavy (non-hydrogen) atoms. The highest BCUT2D eigenvalue weighted by molar-refractivity contribution is 6.30. The topological polar surface area (TPSA) is 52.3 Å². The van der Waals surface area contributed by atoms with Gasteiger partial charge in [0.05, 0.1) is 6.54 Å². The predicted molar refractivity (Wildman–Crippen MR) is 89.2 cm³/mol. The Balaban J connectivity index is 1.66. The van der Waals surface area contributed by atoms with Gasteiger partial charge in [0.15, 0.2) is 0 Å². The molecule has 1 saturated heterocycles. The van der Waals surface area contributed by atoms with Crippen LogP contribution in [0.1, 0.15) is 11.3 Å². The number of anilines is 1. The molecule has 1 aromatic heterocycles. The van der Waals surface area contributed by atoms with Crippen molar-refractivity contribution in [3.05, 3.63) is 52.8 Å². The first-order valence-corrected chi connectivity index (χ1v) is 7.78. The van der Waals surface area contributed by atoms with Crippen molar-refractivity contribution in [2.45, 2.75) is 6.54 Å². The van der Waals surface area contributed by atoms with Gasteiger partial charge in [0.2, 0.25) is 5.91 Å². The maximum Gasteiger partial charge on any atom is 0.241 e. The van der Waals surface area contributed by atoms with Crippen molar-refractivity contribution in [3.63, 3.8) is 0 Å². The van der Waals surface area contributed by atoms with Crippen molar-refractivity contribution in [1.29, 1.82) is 5.26 Å². The lowest BCUT2D eigenvalue weighted by molar-refractivity contribution is -0.121. The second-order valence-corrected chi connectivity index (χ2v) is 6.13. The third-order valence-electron chi connectivity index (χ3n) is 4.00. The van der Waals surface area contributed by atoms with Crippen LogP contribution in [0, 0.1) is 11.3 Å². The fourth-order valence-electron chi connectivity index (χ4n) is 2.86. The van der Waals surface area contributed by atoms with Crippen molar-refractivity contribution in [2.24, 2.45) is 7.05 Å². The molecule has 6 heteroatoms. The van der Waals surface area contributed by atoms with E-state index in [2.05, 4.69) is 11.0 Å². The Morgan fingerprint density at radius 3 is 2.78 bits per heavy atom. The van der Waals surface area contributed by atoms with Crippen LogP contribution in [0.25, 0.3) is 0 Å². The zero-order valence-corrected chi connectivity index (χ0v) is 13.6. The Hall–Kier alpha value is -2.29. The Morgan fingerprint density at radius 2 is 2.13 bits per heavy atom. The molecule has 1 aliphatic heterocycles. The molecule has 2 heterocycles. The number of piperazine rings is 1. The molecule has 0 atom stereocenters. The number of rotatable bonds is 3. The summed E-state index contributed by atoms with van der Waals surface area (Å²) in [6, 6.07) is 11.4. The number of aromatic nitrogens is 1. The summed E-state index contributed by atoms with van der Waals surface area (Å²) in [7, 11) is 1.85. The van der Waals surface area contributed by atoms with Crippen molar-refractivity contribution >= 4 is 23.2 Å². The number of benzene rings is 1. The Bertz CT molecular complexity index is 777. The number of hydrogen-bond acceptors (Lipinski definition) is 3. The van der Waals surface area contributed by atoms with E-state index in [1.807, 2.05) is 37.5 Å². The van der Waals surface area contributed by atoms with Gasteiger partial charge in [-0.05, 0) is 29.8 Å². The summed E-state index contributed by atoms with van der Waals surface area (Å²) in [5, 5.41) is 9.64. The fraction of sp³-hybridized carbons (Fsp3) is 0.294. The van der Waals surface area contributed by atoms with E-state index in [0.29, 0.717) is 30.4 Å². The molecule has 0 unspecified atom stereocenters. The third kappa shape index (κ3) is 3.39. The molecule has 0 saturated carbocycles. The van der Waals surface area contributed by atoms with Gasteiger partial charge in [-0.15, -0.1) is 0 Å². The summed E-state index contributed by atoms with van der Waals surface area (Å²) in [5.74, 6) is 0.0648. The van der Waals surface area contributed by atoms with Gasteiger partial charge in [0.25, 0.3) is 0 Å². The van der Waals surface area contributed by atoms with E-state index in [0.717, 1.165) is 17.8 Å². The summed E-state index contributed by atoms with van der Waals surface area (Å²) in [6.07, 6.45) is 1.94. The summed E-state index contributed by atoms with van der Waals surface area (Å²) in [4.78, 5) is 16.3. The highest BCUT2D eigenvalue weighted by Crippen LogP contribution is 2.22. The van der Waals surface area contributed by atoms with Crippen LogP contribution in [0.3, 0.4) is 0 Å². The molecule has 0 radical (unpaired) electrons. The minimum atomic E-state index is 0.0648. The summed E-state index contributed by atoms with van der Waals surface area (Å²) >= 11 is 6.00. The van der Waals surface area contributed by atoms with Crippen molar-refractivity contribution < 1.29 is 4.79 Å². The third-order valence-corrected chi connectivity index (χ3v) is 4.24. The van der Waals surface area contributed by atoms with Crippen LogP contribution >= 0.6 is 11.6 Å². The molecule has 1 amide bonds. The van der Waals surface area contributed by atoms with E-state index in [1.54, 1.807) is 15.5 Å². The highest BCUT2D eigenvalue weighted by atomic mass is 35.5. The van der Waals surface area contributed by atoms with Gasteiger partial charge in [0.1, 0.15) is 11.8 Å². The second-order valence-electron chi connectivity index (χ2n) is 5.69. The van der Waals surface area contributed by atoms with Crippen LogP contribution in [-0.4, -0.2) is 35.0 Å². The number of amides is 1. The summed E-state index contributed by atoms with van der Waals surface area (Å²) < 4.78 is 1.80. The molecule has 2 aromatic rings. The molecule has 0 spiro atoms. The highest BCUT2D eigenvalue weighted by Gasteiger charge is 2.25. The van der Waals surface area contributed by atoms with E-state index >= 15 is 0 Å². The zero-order chi connectivity index (χ0) is 16.4. The first-order valence-electron chi connectivity index (χ1n) is 7.40. The average Bonchev–Trinajstić information content (AvgIpc) is 2.87. The Kier molecular flexibility index (Phi) is 4.37. The maximum atomic E-state index is 12.4. The molecule has 1 aliphatic rings. The SMILES string of the molecule is Cn1cc(CN2CCN(c3cccc(Cl)c3)C(=O)C2)cc1C#N. The van der Waals surface area contributed by atoms with Gasteiger partial charge in [-0.25, -0.2) is 0 Å². The molecule has 0 N–H and O–H groups in total. The molecule has 0 aliphatic carbocycles. The number of aryl methyl sites for hydroxylation is 1. The number of nitrogens with zero attached hydrogens (tertiary/aromatic N) is 4. The minimum absolute atomic E-state index is 0.0648.